The van der Waals surface area contributed by atoms with Crippen LogP contribution in [0.25, 0.3) is 0 Å². The zero-order valence-corrected chi connectivity index (χ0v) is 8.69. The summed E-state index contributed by atoms with van der Waals surface area (Å²) in [6, 6.07) is 1.15. The molecule has 1 N–H and O–H groups in total. The van der Waals surface area contributed by atoms with Crippen LogP contribution in [0.2, 0.25) is 10.3 Å². The number of hydrogen-bond donors (Lipinski definition) is 1. The van der Waals surface area contributed by atoms with Crippen molar-refractivity contribution < 1.29 is 13.6 Å². The van der Waals surface area contributed by atoms with Crippen molar-refractivity contribution in [2.45, 2.75) is 6.43 Å². The normalized spacial score (nSPS) is 10.5. The van der Waals surface area contributed by atoms with Gasteiger partial charge in [0.1, 0.15) is 0 Å². The third kappa shape index (κ3) is 3.56. The third-order valence-electron chi connectivity index (χ3n) is 1.38. The van der Waals surface area contributed by atoms with Gasteiger partial charge in [0.25, 0.3) is 12.3 Å². The fourth-order valence-corrected chi connectivity index (χ4v) is 1.10. The van der Waals surface area contributed by atoms with Gasteiger partial charge in [-0.2, -0.15) is 0 Å². The average Bonchev–Trinajstić information content (AvgIpc) is 2.18. The number of halogens is 4. The summed E-state index contributed by atoms with van der Waals surface area (Å²) in [5, 5.41) is 8.47. The molecule has 1 heterocycles. The van der Waals surface area contributed by atoms with Gasteiger partial charge < -0.3 is 5.32 Å². The minimum Gasteiger partial charge on any atom is -0.346 e. The van der Waals surface area contributed by atoms with E-state index < -0.39 is 18.9 Å². The van der Waals surface area contributed by atoms with Crippen molar-refractivity contribution in [2.75, 3.05) is 6.54 Å². The van der Waals surface area contributed by atoms with E-state index in [-0.39, 0.29) is 15.9 Å². The molecule has 1 amide bonds. The number of alkyl halides is 2. The molecule has 0 aliphatic heterocycles. The van der Waals surface area contributed by atoms with Gasteiger partial charge in [-0.05, 0) is 6.07 Å². The molecule has 0 unspecified atom stereocenters. The Balaban J connectivity index is 2.77. The van der Waals surface area contributed by atoms with Crippen molar-refractivity contribution in [3.63, 3.8) is 0 Å². The van der Waals surface area contributed by atoms with Crippen LogP contribution < -0.4 is 5.32 Å². The highest BCUT2D eigenvalue weighted by molar-refractivity contribution is 6.34. The van der Waals surface area contributed by atoms with Gasteiger partial charge in [-0.25, -0.2) is 8.78 Å². The molecule has 1 aromatic rings. The van der Waals surface area contributed by atoms with Gasteiger partial charge in [-0.15, -0.1) is 10.2 Å². The Morgan fingerprint density at radius 1 is 1.47 bits per heavy atom. The number of amides is 1. The van der Waals surface area contributed by atoms with E-state index in [1.807, 2.05) is 5.32 Å². The molecule has 0 bridgehead atoms. The number of nitrogens with one attached hydrogen (secondary N) is 1. The minimum atomic E-state index is -2.63. The molecular weight excluding hydrogens is 251 g/mol. The van der Waals surface area contributed by atoms with Crippen LogP contribution in [0.5, 0.6) is 0 Å². The first kappa shape index (κ1) is 12.1. The maximum Gasteiger partial charge on any atom is 0.255 e. The van der Waals surface area contributed by atoms with Gasteiger partial charge >= 0.3 is 0 Å². The fourth-order valence-electron chi connectivity index (χ4n) is 0.777. The Morgan fingerprint density at radius 3 is 2.73 bits per heavy atom. The van der Waals surface area contributed by atoms with E-state index >= 15 is 0 Å². The van der Waals surface area contributed by atoms with E-state index in [1.54, 1.807) is 0 Å². The molecule has 0 radical (unpaired) electrons. The predicted octanol–water partition coefficient (Wildman–Crippen LogP) is 1.78. The van der Waals surface area contributed by atoms with E-state index in [0.29, 0.717) is 0 Å². The highest BCUT2D eigenvalue weighted by Crippen LogP contribution is 2.14. The Morgan fingerprint density at radius 2 is 2.13 bits per heavy atom. The largest absolute Gasteiger partial charge is 0.346 e. The summed E-state index contributed by atoms with van der Waals surface area (Å²) in [6.45, 7) is -0.755. The lowest BCUT2D eigenvalue weighted by molar-refractivity contribution is 0.0891. The first-order valence-corrected chi connectivity index (χ1v) is 4.51. The van der Waals surface area contributed by atoms with Crippen molar-refractivity contribution in [2.24, 2.45) is 0 Å². The van der Waals surface area contributed by atoms with Gasteiger partial charge in [0.2, 0.25) is 0 Å². The molecule has 82 valence electrons. The molecule has 0 saturated carbocycles. The number of nitrogens with zero attached hydrogens (tertiary/aromatic N) is 2. The minimum absolute atomic E-state index is 0.0402. The maximum atomic E-state index is 11.8. The second-order valence-electron chi connectivity index (χ2n) is 2.47. The number of hydrogen-bond acceptors (Lipinski definition) is 3. The first-order valence-electron chi connectivity index (χ1n) is 3.75. The number of carbonyl (C=O) groups is 1. The van der Waals surface area contributed by atoms with Gasteiger partial charge in [0, 0.05) is 0 Å². The van der Waals surface area contributed by atoms with Crippen LogP contribution in [0.4, 0.5) is 8.78 Å². The van der Waals surface area contributed by atoms with Gasteiger partial charge in [0.05, 0.1) is 12.1 Å². The van der Waals surface area contributed by atoms with E-state index in [0.717, 1.165) is 6.07 Å². The lowest BCUT2D eigenvalue weighted by Crippen LogP contribution is -2.28. The molecule has 4 nitrogen and oxygen atoms in total. The Labute approximate surface area is 93.6 Å². The van der Waals surface area contributed by atoms with Crippen LogP contribution in [-0.4, -0.2) is 29.1 Å². The van der Waals surface area contributed by atoms with Gasteiger partial charge in [0.15, 0.2) is 10.3 Å². The van der Waals surface area contributed by atoms with Crippen LogP contribution in [0.1, 0.15) is 10.4 Å². The molecule has 0 fully saturated rings. The van der Waals surface area contributed by atoms with Crippen molar-refractivity contribution in [3.8, 4) is 0 Å². The Hall–Kier alpha value is -1.01. The smallest absolute Gasteiger partial charge is 0.255 e. The lowest BCUT2D eigenvalue weighted by Gasteiger charge is -2.04. The molecule has 0 atom stereocenters. The molecule has 0 saturated heterocycles. The number of carbonyl (C=O) groups excluding carboxylic acids is 1. The standard InChI is InChI=1S/C7H5Cl2F2N3O/c8-4-1-3(6(9)14-13-4)7(15)12-2-5(10)11/h1,5H,2H2,(H,12,15). The molecule has 0 aliphatic rings. The molecule has 15 heavy (non-hydrogen) atoms. The molecule has 0 spiro atoms. The molecular formula is C7H5Cl2F2N3O. The fraction of sp³-hybridized carbons (Fsp3) is 0.286. The summed E-state index contributed by atoms with van der Waals surface area (Å²) >= 11 is 11.0. The molecule has 0 aromatic carbocycles. The average molecular weight is 256 g/mol. The van der Waals surface area contributed by atoms with E-state index in [1.165, 1.54) is 0 Å². The van der Waals surface area contributed by atoms with Crippen molar-refractivity contribution >= 4 is 29.1 Å². The van der Waals surface area contributed by atoms with Crippen LogP contribution in [0.15, 0.2) is 6.07 Å². The molecule has 1 rings (SSSR count). The van der Waals surface area contributed by atoms with E-state index in [4.69, 9.17) is 23.2 Å². The Bertz CT molecular complexity index is 375. The Kier molecular flexibility index (Phi) is 4.16. The second-order valence-corrected chi connectivity index (χ2v) is 3.22. The van der Waals surface area contributed by atoms with Crippen LogP contribution in [0, 0.1) is 0 Å². The van der Waals surface area contributed by atoms with Crippen molar-refractivity contribution in [1.29, 1.82) is 0 Å². The highest BCUT2D eigenvalue weighted by atomic mass is 35.5. The van der Waals surface area contributed by atoms with E-state index in [9.17, 15) is 13.6 Å². The topological polar surface area (TPSA) is 54.9 Å². The molecule has 0 aliphatic carbocycles. The quantitative estimate of drug-likeness (QED) is 0.896. The van der Waals surface area contributed by atoms with Crippen molar-refractivity contribution in [3.05, 3.63) is 21.9 Å². The van der Waals surface area contributed by atoms with Crippen molar-refractivity contribution in [1.82, 2.24) is 15.5 Å². The number of aromatic nitrogens is 2. The van der Waals surface area contributed by atoms with Crippen LogP contribution in [0.3, 0.4) is 0 Å². The first-order chi connectivity index (χ1) is 7.00. The highest BCUT2D eigenvalue weighted by Gasteiger charge is 2.14. The van der Waals surface area contributed by atoms with Gasteiger partial charge in [-0.1, -0.05) is 23.2 Å². The second kappa shape index (κ2) is 5.18. The SMILES string of the molecule is O=C(NCC(F)F)c1cc(Cl)nnc1Cl. The summed E-state index contributed by atoms with van der Waals surface area (Å²) < 4.78 is 23.6. The summed E-state index contributed by atoms with van der Waals surface area (Å²) in [7, 11) is 0. The molecule has 8 heteroatoms. The van der Waals surface area contributed by atoms with E-state index in [2.05, 4.69) is 10.2 Å². The predicted molar refractivity (Wildman–Crippen MR) is 50.4 cm³/mol. The lowest BCUT2D eigenvalue weighted by atomic mass is 10.3. The summed E-state index contributed by atoms with van der Waals surface area (Å²) in [5.41, 5.74) is -0.0858. The summed E-state index contributed by atoms with van der Waals surface area (Å²) in [4.78, 5) is 11.3. The maximum absolute atomic E-state index is 11.8. The summed E-state index contributed by atoms with van der Waals surface area (Å²) in [5.74, 6) is -0.767. The zero-order valence-electron chi connectivity index (χ0n) is 7.18. The van der Waals surface area contributed by atoms with Gasteiger partial charge in [-0.3, -0.25) is 4.79 Å². The molecule has 1 aromatic heterocycles. The van der Waals surface area contributed by atoms with Crippen LogP contribution >= 0.6 is 23.2 Å². The number of rotatable bonds is 3. The summed E-state index contributed by atoms with van der Waals surface area (Å²) in [6.07, 6.45) is -2.63. The zero-order chi connectivity index (χ0) is 11.4. The monoisotopic (exact) mass is 255 g/mol. The van der Waals surface area contributed by atoms with Crippen LogP contribution in [-0.2, 0) is 0 Å². The third-order valence-corrected chi connectivity index (χ3v) is 1.84.